The zero-order valence-electron chi connectivity index (χ0n) is 15.7. The van der Waals surface area contributed by atoms with Gasteiger partial charge in [0.1, 0.15) is 17.9 Å². The molecule has 8 heteroatoms. The zero-order chi connectivity index (χ0) is 19.2. The van der Waals surface area contributed by atoms with Gasteiger partial charge in [0.2, 0.25) is 5.89 Å². The molecule has 1 unspecified atom stereocenters. The number of fused-ring (bicyclic) bond motifs is 1. The largest absolute Gasteiger partial charge is 0.492 e. The minimum atomic E-state index is -0.364. The van der Waals surface area contributed by atoms with Crippen molar-refractivity contribution >= 4 is 11.0 Å². The molecule has 2 aromatic heterocycles. The van der Waals surface area contributed by atoms with Crippen LogP contribution < -0.4 is 15.7 Å². The monoisotopic (exact) mass is 373 g/mol. The van der Waals surface area contributed by atoms with Crippen LogP contribution in [-0.2, 0) is 17.7 Å². The Balaban J connectivity index is 1.51. The Labute approximate surface area is 156 Å². The number of hydrogen-bond acceptors (Lipinski definition) is 8. The first-order valence-electron chi connectivity index (χ1n) is 8.76. The van der Waals surface area contributed by atoms with Crippen molar-refractivity contribution in [3.05, 3.63) is 52.0 Å². The molecule has 0 fully saturated rings. The summed E-state index contributed by atoms with van der Waals surface area (Å²) >= 11 is 0. The minimum absolute atomic E-state index is 0.0612. The van der Waals surface area contributed by atoms with Crippen LogP contribution in [0.4, 0.5) is 0 Å². The van der Waals surface area contributed by atoms with Gasteiger partial charge in [-0.05, 0) is 31.5 Å². The van der Waals surface area contributed by atoms with E-state index in [-0.39, 0.29) is 11.7 Å². The van der Waals surface area contributed by atoms with Gasteiger partial charge in [-0.3, -0.25) is 0 Å². The van der Waals surface area contributed by atoms with Gasteiger partial charge in [0.25, 0.3) is 0 Å². The Bertz CT molecular complexity index is 950. The number of nitrogens with one attached hydrogen (secondary N) is 1. The first kappa shape index (κ1) is 19.1. The van der Waals surface area contributed by atoms with Crippen molar-refractivity contribution in [2.24, 2.45) is 0 Å². The molecule has 0 amide bonds. The molecule has 1 aromatic carbocycles. The van der Waals surface area contributed by atoms with Gasteiger partial charge in [0.05, 0.1) is 19.6 Å². The molecule has 27 heavy (non-hydrogen) atoms. The van der Waals surface area contributed by atoms with Crippen LogP contribution in [-0.4, -0.2) is 36.5 Å². The number of rotatable bonds is 9. The molecule has 144 valence electrons. The van der Waals surface area contributed by atoms with E-state index in [0.29, 0.717) is 49.2 Å². The maximum absolute atomic E-state index is 11.5. The third kappa shape index (κ3) is 5.15. The van der Waals surface area contributed by atoms with Gasteiger partial charge >= 0.3 is 5.63 Å². The van der Waals surface area contributed by atoms with Crippen LogP contribution in [0.5, 0.6) is 5.75 Å². The normalized spacial score (nSPS) is 12.4. The van der Waals surface area contributed by atoms with Gasteiger partial charge in [0.15, 0.2) is 5.82 Å². The fourth-order valence-electron chi connectivity index (χ4n) is 2.59. The summed E-state index contributed by atoms with van der Waals surface area (Å²) in [6.07, 6.45) is 0.597. The SMILES string of the molecule is COCCc1nc(CNC(C)COc2ccc3c(C)cc(=O)oc3c2)no1. The lowest BCUT2D eigenvalue weighted by Crippen LogP contribution is -2.31. The summed E-state index contributed by atoms with van der Waals surface area (Å²) in [5, 5.41) is 8.10. The van der Waals surface area contributed by atoms with Crippen molar-refractivity contribution < 1.29 is 18.4 Å². The van der Waals surface area contributed by atoms with Crippen molar-refractivity contribution in [1.29, 1.82) is 0 Å². The summed E-state index contributed by atoms with van der Waals surface area (Å²) in [6.45, 7) is 5.34. The predicted molar refractivity (Wildman–Crippen MR) is 98.9 cm³/mol. The maximum Gasteiger partial charge on any atom is 0.336 e. The molecule has 3 rings (SSSR count). The van der Waals surface area contributed by atoms with Gasteiger partial charge in [-0.25, -0.2) is 4.79 Å². The standard InChI is InChI=1S/C19H23N3O5/c1-12-8-19(23)26-16-9-14(4-5-15(12)16)25-11-13(2)20-10-17-21-18(27-22-17)6-7-24-3/h4-5,8-9,13,20H,6-7,10-11H2,1-3H3. The van der Waals surface area contributed by atoms with Crippen molar-refractivity contribution in [3.63, 3.8) is 0 Å². The molecule has 0 spiro atoms. The second kappa shape index (κ2) is 8.79. The van der Waals surface area contributed by atoms with Crippen molar-refractivity contribution in [2.75, 3.05) is 20.3 Å². The molecule has 8 nitrogen and oxygen atoms in total. The quantitative estimate of drug-likeness (QED) is 0.570. The summed E-state index contributed by atoms with van der Waals surface area (Å²) in [5.74, 6) is 1.80. The molecule has 0 aliphatic heterocycles. The van der Waals surface area contributed by atoms with Crippen molar-refractivity contribution in [3.8, 4) is 5.75 Å². The Hall–Kier alpha value is -2.71. The summed E-state index contributed by atoms with van der Waals surface area (Å²) in [5.41, 5.74) is 1.04. The Kier molecular flexibility index (Phi) is 6.20. The van der Waals surface area contributed by atoms with Gasteiger partial charge in [-0.1, -0.05) is 5.16 Å². The van der Waals surface area contributed by atoms with Crippen LogP contribution >= 0.6 is 0 Å². The van der Waals surface area contributed by atoms with Crippen LogP contribution in [0.3, 0.4) is 0 Å². The lowest BCUT2D eigenvalue weighted by atomic mass is 10.1. The van der Waals surface area contributed by atoms with E-state index in [1.54, 1.807) is 13.2 Å². The first-order chi connectivity index (χ1) is 13.0. The third-order valence-corrected chi connectivity index (χ3v) is 4.06. The number of nitrogens with zero attached hydrogens (tertiary/aromatic N) is 2. The first-order valence-corrected chi connectivity index (χ1v) is 8.76. The zero-order valence-corrected chi connectivity index (χ0v) is 15.7. The number of methoxy groups -OCH3 is 1. The molecule has 0 saturated carbocycles. The van der Waals surface area contributed by atoms with Crippen LogP contribution in [0, 0.1) is 6.92 Å². The van der Waals surface area contributed by atoms with E-state index < -0.39 is 0 Å². The molecule has 0 aliphatic carbocycles. The van der Waals surface area contributed by atoms with E-state index >= 15 is 0 Å². The molecule has 2 heterocycles. The van der Waals surface area contributed by atoms with E-state index in [9.17, 15) is 4.79 Å². The summed E-state index contributed by atoms with van der Waals surface area (Å²) < 4.78 is 21.2. The Morgan fingerprint density at radius 3 is 2.96 bits per heavy atom. The highest BCUT2D eigenvalue weighted by Crippen LogP contribution is 2.22. The van der Waals surface area contributed by atoms with E-state index in [0.717, 1.165) is 10.9 Å². The average molecular weight is 373 g/mol. The van der Waals surface area contributed by atoms with Crippen molar-refractivity contribution in [2.45, 2.75) is 32.9 Å². The number of aryl methyl sites for hydroxylation is 1. The molecule has 0 bridgehead atoms. The molecule has 1 atom stereocenters. The molecular formula is C19H23N3O5. The lowest BCUT2D eigenvalue weighted by molar-refractivity contribution is 0.192. The average Bonchev–Trinajstić information content (AvgIpc) is 3.10. The molecule has 0 aliphatic rings. The minimum Gasteiger partial charge on any atom is -0.492 e. The highest BCUT2D eigenvalue weighted by molar-refractivity contribution is 5.81. The number of hydrogen-bond donors (Lipinski definition) is 1. The highest BCUT2D eigenvalue weighted by Gasteiger charge is 2.09. The van der Waals surface area contributed by atoms with Gasteiger partial charge in [0, 0.05) is 30.7 Å². The van der Waals surface area contributed by atoms with Gasteiger partial charge in [-0.2, -0.15) is 4.98 Å². The van der Waals surface area contributed by atoms with Crippen LogP contribution in [0.1, 0.15) is 24.2 Å². The van der Waals surface area contributed by atoms with E-state index in [4.69, 9.17) is 18.4 Å². The van der Waals surface area contributed by atoms with Crippen LogP contribution in [0.15, 0.2) is 38.0 Å². The Morgan fingerprint density at radius 1 is 1.30 bits per heavy atom. The molecular weight excluding hydrogens is 350 g/mol. The maximum atomic E-state index is 11.5. The molecule has 1 N–H and O–H groups in total. The molecule has 0 saturated heterocycles. The number of aromatic nitrogens is 2. The second-order valence-electron chi connectivity index (χ2n) is 6.35. The van der Waals surface area contributed by atoms with Gasteiger partial charge < -0.3 is 23.7 Å². The molecule has 3 aromatic rings. The number of benzene rings is 1. The third-order valence-electron chi connectivity index (χ3n) is 4.06. The van der Waals surface area contributed by atoms with E-state index in [2.05, 4.69) is 15.5 Å². The van der Waals surface area contributed by atoms with E-state index in [1.165, 1.54) is 6.07 Å². The summed E-state index contributed by atoms with van der Waals surface area (Å²) in [6, 6.07) is 7.03. The summed E-state index contributed by atoms with van der Waals surface area (Å²) in [4.78, 5) is 15.8. The summed E-state index contributed by atoms with van der Waals surface area (Å²) in [7, 11) is 1.63. The van der Waals surface area contributed by atoms with Crippen LogP contribution in [0.25, 0.3) is 11.0 Å². The lowest BCUT2D eigenvalue weighted by Gasteiger charge is -2.14. The fraction of sp³-hybridized carbons (Fsp3) is 0.421. The predicted octanol–water partition coefficient (Wildman–Crippen LogP) is 2.23. The second-order valence-corrected chi connectivity index (χ2v) is 6.35. The van der Waals surface area contributed by atoms with Crippen molar-refractivity contribution in [1.82, 2.24) is 15.5 Å². The molecule has 0 radical (unpaired) electrons. The highest BCUT2D eigenvalue weighted by atomic mass is 16.5. The smallest absolute Gasteiger partial charge is 0.336 e. The topological polar surface area (TPSA) is 99.6 Å². The van der Waals surface area contributed by atoms with Crippen LogP contribution in [0.2, 0.25) is 0 Å². The van der Waals surface area contributed by atoms with Gasteiger partial charge in [-0.15, -0.1) is 0 Å². The van der Waals surface area contributed by atoms with E-state index in [1.807, 2.05) is 26.0 Å². The number of ether oxygens (including phenoxy) is 2. The Morgan fingerprint density at radius 2 is 2.15 bits per heavy atom. The fourth-order valence-corrected chi connectivity index (χ4v) is 2.59.